The Balaban J connectivity index is 2.14. The SMILES string of the molecule is Cc1cc([N+](=O)[O-])c(C)cc1N=Cc1c(O)n(-c2ccccc2Cl)c(=O)[nH]c1=O. The number of nitrogens with zero attached hydrogens (tertiary/aromatic N) is 3. The largest absolute Gasteiger partial charge is 0.493 e. The zero-order valence-corrected chi connectivity index (χ0v) is 16.1. The second-order valence-electron chi connectivity index (χ2n) is 6.22. The van der Waals surface area contributed by atoms with Gasteiger partial charge in [-0.25, -0.2) is 9.36 Å². The zero-order valence-electron chi connectivity index (χ0n) is 15.3. The van der Waals surface area contributed by atoms with E-state index in [1.807, 2.05) is 0 Å². The van der Waals surface area contributed by atoms with E-state index in [-0.39, 0.29) is 22.0 Å². The van der Waals surface area contributed by atoms with Crippen molar-refractivity contribution < 1.29 is 10.0 Å². The van der Waals surface area contributed by atoms with Gasteiger partial charge in [0.05, 0.1) is 21.3 Å². The van der Waals surface area contributed by atoms with E-state index in [1.54, 1.807) is 26.0 Å². The molecule has 1 aromatic heterocycles. The molecule has 29 heavy (non-hydrogen) atoms. The lowest BCUT2D eigenvalue weighted by Crippen LogP contribution is -2.31. The lowest BCUT2D eigenvalue weighted by atomic mass is 10.1. The predicted octanol–water partition coefficient (Wildman–Crippen LogP) is 3.16. The first-order valence-corrected chi connectivity index (χ1v) is 8.71. The van der Waals surface area contributed by atoms with Crippen LogP contribution in [0.5, 0.6) is 5.88 Å². The van der Waals surface area contributed by atoms with Gasteiger partial charge in [0.1, 0.15) is 5.56 Å². The summed E-state index contributed by atoms with van der Waals surface area (Å²) in [6.07, 6.45) is 1.09. The van der Waals surface area contributed by atoms with E-state index in [2.05, 4.69) is 9.98 Å². The average molecular weight is 415 g/mol. The first-order valence-electron chi connectivity index (χ1n) is 8.33. The van der Waals surface area contributed by atoms with Gasteiger partial charge in [0.2, 0.25) is 5.88 Å². The third-order valence-electron chi connectivity index (χ3n) is 4.26. The number of aryl methyl sites for hydroxylation is 2. The van der Waals surface area contributed by atoms with Gasteiger partial charge in [-0.2, -0.15) is 0 Å². The van der Waals surface area contributed by atoms with Crippen molar-refractivity contribution in [2.24, 2.45) is 4.99 Å². The number of para-hydroxylation sites is 1. The van der Waals surface area contributed by atoms with Crippen LogP contribution in [0.25, 0.3) is 5.69 Å². The summed E-state index contributed by atoms with van der Waals surface area (Å²) < 4.78 is 0.860. The Morgan fingerprint density at radius 3 is 2.55 bits per heavy atom. The Hall–Kier alpha value is -3.72. The number of nitro benzene ring substituents is 1. The molecule has 0 aliphatic rings. The minimum Gasteiger partial charge on any atom is -0.493 e. The van der Waals surface area contributed by atoms with Crippen molar-refractivity contribution in [3.63, 3.8) is 0 Å². The Labute approximate surface area is 168 Å². The van der Waals surface area contributed by atoms with E-state index in [0.717, 1.165) is 10.8 Å². The number of aromatic hydroxyl groups is 1. The van der Waals surface area contributed by atoms with E-state index in [0.29, 0.717) is 16.8 Å². The van der Waals surface area contributed by atoms with Crippen LogP contribution in [-0.2, 0) is 0 Å². The number of hydrogen-bond acceptors (Lipinski definition) is 6. The van der Waals surface area contributed by atoms with Crippen LogP contribution in [-0.4, -0.2) is 25.8 Å². The van der Waals surface area contributed by atoms with Gasteiger partial charge >= 0.3 is 5.69 Å². The molecule has 2 N–H and O–H groups in total. The molecule has 1 heterocycles. The highest BCUT2D eigenvalue weighted by atomic mass is 35.5. The molecule has 0 spiro atoms. The van der Waals surface area contributed by atoms with Gasteiger partial charge in [0.15, 0.2) is 0 Å². The minimum atomic E-state index is -0.861. The summed E-state index contributed by atoms with van der Waals surface area (Å²) in [4.78, 5) is 41.2. The number of aromatic amines is 1. The van der Waals surface area contributed by atoms with Gasteiger partial charge in [-0.1, -0.05) is 23.7 Å². The van der Waals surface area contributed by atoms with Crippen LogP contribution in [0.3, 0.4) is 0 Å². The number of rotatable bonds is 4. The lowest BCUT2D eigenvalue weighted by Gasteiger charge is -2.11. The van der Waals surface area contributed by atoms with Crippen molar-refractivity contribution in [2.45, 2.75) is 13.8 Å². The molecule has 148 valence electrons. The molecule has 0 radical (unpaired) electrons. The fourth-order valence-electron chi connectivity index (χ4n) is 2.77. The van der Waals surface area contributed by atoms with E-state index in [9.17, 15) is 24.8 Å². The second kappa shape index (κ2) is 7.72. The smallest absolute Gasteiger partial charge is 0.335 e. The number of aliphatic imine (C=N–C) groups is 1. The van der Waals surface area contributed by atoms with Crippen LogP contribution in [0.1, 0.15) is 16.7 Å². The number of hydrogen-bond donors (Lipinski definition) is 2. The molecular weight excluding hydrogens is 400 g/mol. The molecule has 0 atom stereocenters. The van der Waals surface area contributed by atoms with Gasteiger partial charge in [-0.3, -0.25) is 24.9 Å². The summed E-state index contributed by atoms with van der Waals surface area (Å²) >= 11 is 6.09. The number of benzene rings is 2. The van der Waals surface area contributed by atoms with Crippen LogP contribution in [0, 0.1) is 24.0 Å². The minimum absolute atomic E-state index is 0.0468. The van der Waals surface area contributed by atoms with Gasteiger partial charge in [0, 0.05) is 17.8 Å². The molecule has 0 saturated carbocycles. The first kappa shape index (κ1) is 20.0. The van der Waals surface area contributed by atoms with Gasteiger partial charge < -0.3 is 5.11 Å². The predicted molar refractivity (Wildman–Crippen MR) is 109 cm³/mol. The number of halogens is 1. The molecule has 0 saturated heterocycles. The van der Waals surface area contributed by atoms with Crippen LogP contribution >= 0.6 is 11.6 Å². The van der Waals surface area contributed by atoms with E-state index in [4.69, 9.17) is 11.6 Å². The number of aromatic nitrogens is 2. The monoisotopic (exact) mass is 414 g/mol. The topological polar surface area (TPSA) is 131 Å². The van der Waals surface area contributed by atoms with Gasteiger partial charge in [-0.15, -0.1) is 0 Å². The Kier molecular flexibility index (Phi) is 5.33. The third-order valence-corrected chi connectivity index (χ3v) is 4.58. The molecule has 0 fully saturated rings. The summed E-state index contributed by atoms with van der Waals surface area (Å²) in [5.74, 6) is -0.633. The maximum absolute atomic E-state index is 12.2. The Morgan fingerprint density at radius 1 is 1.21 bits per heavy atom. The third kappa shape index (κ3) is 3.81. The summed E-state index contributed by atoms with van der Waals surface area (Å²) in [6, 6.07) is 9.18. The van der Waals surface area contributed by atoms with Crippen molar-refractivity contribution in [1.82, 2.24) is 9.55 Å². The van der Waals surface area contributed by atoms with E-state index < -0.39 is 22.1 Å². The van der Waals surface area contributed by atoms with Crippen LogP contribution in [0.15, 0.2) is 51.0 Å². The van der Waals surface area contributed by atoms with Crippen molar-refractivity contribution in [2.75, 3.05) is 0 Å². The Bertz CT molecular complexity index is 1280. The molecule has 2 aromatic carbocycles. The molecule has 0 amide bonds. The molecule has 0 unspecified atom stereocenters. The standard InChI is InChI=1S/C19H15ClN4O5/c1-10-8-16(24(28)29)11(2)7-14(10)21-9-12-17(25)22-19(27)23(18(12)26)15-6-4-3-5-13(15)20/h3-9,26H,1-2H3,(H,22,25,27). The average Bonchev–Trinajstić information content (AvgIpc) is 2.65. The molecule has 0 aliphatic carbocycles. The maximum Gasteiger partial charge on any atom is 0.335 e. The molecule has 3 aromatic rings. The zero-order chi connectivity index (χ0) is 21.3. The van der Waals surface area contributed by atoms with E-state index in [1.165, 1.54) is 24.3 Å². The van der Waals surface area contributed by atoms with E-state index >= 15 is 0 Å². The molecule has 9 nitrogen and oxygen atoms in total. The van der Waals surface area contributed by atoms with Crippen molar-refractivity contribution >= 4 is 29.2 Å². The van der Waals surface area contributed by atoms with Crippen LogP contribution < -0.4 is 11.2 Å². The Morgan fingerprint density at radius 2 is 1.90 bits per heavy atom. The molecular formula is C19H15ClN4O5. The van der Waals surface area contributed by atoms with Crippen molar-refractivity contribution in [3.05, 3.63) is 89.1 Å². The highest BCUT2D eigenvalue weighted by molar-refractivity contribution is 6.32. The lowest BCUT2D eigenvalue weighted by molar-refractivity contribution is -0.385. The number of nitro groups is 1. The summed E-state index contributed by atoms with van der Waals surface area (Å²) in [7, 11) is 0. The van der Waals surface area contributed by atoms with Crippen LogP contribution in [0.4, 0.5) is 11.4 Å². The highest BCUT2D eigenvalue weighted by Gasteiger charge is 2.17. The van der Waals surface area contributed by atoms with Crippen LogP contribution in [0.2, 0.25) is 5.02 Å². The fourth-order valence-corrected chi connectivity index (χ4v) is 2.99. The maximum atomic E-state index is 12.2. The molecule has 0 aliphatic heterocycles. The summed E-state index contributed by atoms with van der Waals surface area (Å²) in [5.41, 5.74) is -0.543. The second-order valence-corrected chi connectivity index (χ2v) is 6.63. The summed E-state index contributed by atoms with van der Waals surface area (Å²) in [5, 5.41) is 21.8. The number of nitrogens with one attached hydrogen (secondary N) is 1. The molecule has 10 heteroatoms. The van der Waals surface area contributed by atoms with Gasteiger partial charge in [0.25, 0.3) is 11.2 Å². The van der Waals surface area contributed by atoms with Crippen molar-refractivity contribution in [3.8, 4) is 11.6 Å². The first-order chi connectivity index (χ1) is 13.7. The van der Waals surface area contributed by atoms with Crippen molar-refractivity contribution in [1.29, 1.82) is 0 Å². The normalized spacial score (nSPS) is 11.1. The summed E-state index contributed by atoms with van der Waals surface area (Å²) in [6.45, 7) is 3.20. The molecule has 0 bridgehead atoms. The fraction of sp³-hybridized carbons (Fsp3) is 0.105. The number of H-pyrrole nitrogens is 1. The quantitative estimate of drug-likeness (QED) is 0.384. The highest BCUT2D eigenvalue weighted by Crippen LogP contribution is 2.28. The molecule has 3 rings (SSSR count). The van der Waals surface area contributed by atoms with Gasteiger partial charge in [-0.05, 0) is 37.6 Å².